The van der Waals surface area contributed by atoms with Crippen LogP contribution in [0, 0.1) is 6.92 Å². The molecule has 0 bridgehead atoms. The highest BCUT2D eigenvalue weighted by molar-refractivity contribution is 7.13. The number of carbonyl (C=O) groups excluding carboxylic acids is 2. The Morgan fingerprint density at radius 1 is 1.18 bits per heavy atom. The van der Waals surface area contributed by atoms with Gasteiger partial charge in [-0.25, -0.2) is 4.98 Å². The summed E-state index contributed by atoms with van der Waals surface area (Å²) in [6.07, 6.45) is 0.0933. The van der Waals surface area contributed by atoms with Crippen LogP contribution in [0.1, 0.15) is 18.4 Å². The number of anilines is 2. The molecule has 8 nitrogen and oxygen atoms in total. The van der Waals surface area contributed by atoms with Crippen LogP contribution in [-0.4, -0.2) is 61.1 Å². The van der Waals surface area contributed by atoms with Gasteiger partial charge in [-0.1, -0.05) is 6.07 Å². The van der Waals surface area contributed by atoms with E-state index in [1.807, 2.05) is 48.7 Å². The Hall–Kier alpha value is -3.17. The molecule has 1 saturated heterocycles. The summed E-state index contributed by atoms with van der Waals surface area (Å²) < 4.78 is 11.1. The minimum absolute atomic E-state index is 0.0186. The molecule has 174 valence electrons. The summed E-state index contributed by atoms with van der Waals surface area (Å²) in [6, 6.07) is 11.6. The van der Waals surface area contributed by atoms with Crippen molar-refractivity contribution in [3.63, 3.8) is 0 Å². The fourth-order valence-corrected chi connectivity index (χ4v) is 4.33. The molecule has 4 rings (SSSR count). The Labute approximate surface area is 197 Å². The number of hydrogen-bond donors (Lipinski definition) is 1. The molecule has 0 unspecified atom stereocenters. The lowest BCUT2D eigenvalue weighted by Gasteiger charge is -2.29. The number of ether oxygens (including phenoxy) is 1. The molecule has 0 radical (unpaired) electrons. The van der Waals surface area contributed by atoms with E-state index < -0.39 is 0 Å². The van der Waals surface area contributed by atoms with Gasteiger partial charge in [-0.2, -0.15) is 0 Å². The molecule has 1 aromatic carbocycles. The molecule has 33 heavy (non-hydrogen) atoms. The summed E-state index contributed by atoms with van der Waals surface area (Å²) in [5, 5.41) is 4.83. The third kappa shape index (κ3) is 5.80. The van der Waals surface area contributed by atoms with Gasteiger partial charge in [0.2, 0.25) is 17.7 Å². The topological polar surface area (TPSA) is 87.9 Å². The summed E-state index contributed by atoms with van der Waals surface area (Å²) in [6.45, 7) is 7.24. The van der Waals surface area contributed by atoms with E-state index in [1.54, 1.807) is 6.92 Å². The number of hydrogen-bond acceptors (Lipinski definition) is 7. The number of rotatable bonds is 8. The van der Waals surface area contributed by atoms with Gasteiger partial charge in [0.15, 0.2) is 0 Å². The number of oxazole rings is 1. The van der Waals surface area contributed by atoms with Crippen molar-refractivity contribution in [2.75, 3.05) is 49.6 Å². The van der Waals surface area contributed by atoms with Crippen molar-refractivity contribution in [3.8, 4) is 10.8 Å². The number of nitrogens with zero attached hydrogens (tertiary/aromatic N) is 3. The number of likely N-dealkylation sites (N-methyl/N-ethyl adjacent to an activating group) is 1. The maximum absolute atomic E-state index is 12.9. The second kappa shape index (κ2) is 10.6. The standard InChI is InChI=1S/C24H28N4O4S/c1-3-27(23(30)15-20-17(2)32-24(26-20)21-5-4-14-33-21)16-22(29)25-18-6-8-19(9-7-18)28-10-12-31-13-11-28/h4-9,14H,3,10-13,15-16H2,1-2H3,(H,25,29). The average molecular weight is 469 g/mol. The van der Waals surface area contributed by atoms with Crippen LogP contribution in [0.5, 0.6) is 0 Å². The third-order valence-corrected chi connectivity index (χ3v) is 6.40. The molecule has 2 amide bonds. The van der Waals surface area contributed by atoms with Gasteiger partial charge in [0, 0.05) is 31.0 Å². The molecular weight excluding hydrogens is 440 g/mol. The van der Waals surface area contributed by atoms with Crippen LogP contribution in [0.25, 0.3) is 10.8 Å². The van der Waals surface area contributed by atoms with E-state index >= 15 is 0 Å². The molecule has 1 N–H and O–H groups in total. The maximum Gasteiger partial charge on any atom is 0.243 e. The number of aryl methyl sites for hydroxylation is 1. The van der Waals surface area contributed by atoms with Crippen LogP contribution in [-0.2, 0) is 20.7 Å². The number of carbonyl (C=O) groups is 2. The van der Waals surface area contributed by atoms with Crippen LogP contribution >= 0.6 is 11.3 Å². The Morgan fingerprint density at radius 2 is 1.94 bits per heavy atom. The second-order valence-corrected chi connectivity index (χ2v) is 8.73. The third-order valence-electron chi connectivity index (χ3n) is 5.54. The van der Waals surface area contributed by atoms with E-state index in [0.717, 1.165) is 36.9 Å². The van der Waals surface area contributed by atoms with Gasteiger partial charge in [-0.15, -0.1) is 11.3 Å². The van der Waals surface area contributed by atoms with Gasteiger partial charge in [-0.3, -0.25) is 9.59 Å². The first-order valence-electron chi connectivity index (χ1n) is 11.0. The number of amides is 2. The highest BCUT2D eigenvalue weighted by Gasteiger charge is 2.21. The van der Waals surface area contributed by atoms with Crippen molar-refractivity contribution in [3.05, 3.63) is 53.2 Å². The van der Waals surface area contributed by atoms with Gasteiger partial charge >= 0.3 is 0 Å². The maximum atomic E-state index is 12.9. The first kappa shape index (κ1) is 23.0. The lowest BCUT2D eigenvalue weighted by Crippen LogP contribution is -2.38. The summed E-state index contributed by atoms with van der Waals surface area (Å²) in [5.74, 6) is 0.740. The molecule has 0 atom stereocenters. The summed E-state index contributed by atoms with van der Waals surface area (Å²) in [7, 11) is 0. The normalized spacial score (nSPS) is 13.7. The van der Waals surface area contributed by atoms with Crippen molar-refractivity contribution in [2.45, 2.75) is 20.3 Å². The van der Waals surface area contributed by atoms with E-state index in [9.17, 15) is 9.59 Å². The minimum Gasteiger partial charge on any atom is -0.440 e. The van der Waals surface area contributed by atoms with Crippen molar-refractivity contribution < 1.29 is 18.7 Å². The van der Waals surface area contributed by atoms with Crippen LogP contribution < -0.4 is 10.2 Å². The van der Waals surface area contributed by atoms with E-state index in [1.165, 1.54) is 16.2 Å². The summed E-state index contributed by atoms with van der Waals surface area (Å²) >= 11 is 1.53. The van der Waals surface area contributed by atoms with Crippen molar-refractivity contribution >= 4 is 34.5 Å². The van der Waals surface area contributed by atoms with Crippen molar-refractivity contribution in [1.82, 2.24) is 9.88 Å². The molecule has 0 spiro atoms. The number of aromatic nitrogens is 1. The van der Waals surface area contributed by atoms with E-state index in [4.69, 9.17) is 9.15 Å². The fourth-order valence-electron chi connectivity index (χ4n) is 3.68. The van der Waals surface area contributed by atoms with Gasteiger partial charge in [0.05, 0.1) is 36.8 Å². The highest BCUT2D eigenvalue weighted by Crippen LogP contribution is 2.26. The van der Waals surface area contributed by atoms with Crippen LogP contribution in [0.3, 0.4) is 0 Å². The quantitative estimate of drug-likeness (QED) is 0.544. The van der Waals surface area contributed by atoms with Gasteiger partial charge in [0.1, 0.15) is 5.76 Å². The Balaban J connectivity index is 1.32. The molecule has 0 saturated carbocycles. The van der Waals surface area contributed by atoms with E-state index in [2.05, 4.69) is 15.2 Å². The second-order valence-electron chi connectivity index (χ2n) is 7.78. The largest absolute Gasteiger partial charge is 0.440 e. The lowest BCUT2D eigenvalue weighted by atomic mass is 10.2. The molecule has 9 heteroatoms. The molecular formula is C24H28N4O4S. The van der Waals surface area contributed by atoms with Crippen LogP contribution in [0.15, 0.2) is 46.2 Å². The molecule has 1 aliphatic rings. The van der Waals surface area contributed by atoms with E-state index in [-0.39, 0.29) is 24.8 Å². The predicted octanol–water partition coefficient (Wildman–Crippen LogP) is 3.58. The zero-order valence-electron chi connectivity index (χ0n) is 18.9. The molecule has 2 aromatic heterocycles. The van der Waals surface area contributed by atoms with Crippen molar-refractivity contribution in [2.24, 2.45) is 0 Å². The SMILES string of the molecule is CCN(CC(=O)Nc1ccc(N2CCOCC2)cc1)C(=O)Cc1nc(-c2cccs2)oc1C. The zero-order chi connectivity index (χ0) is 23.2. The summed E-state index contributed by atoms with van der Waals surface area (Å²) in [4.78, 5) is 34.6. The molecule has 0 aliphatic carbocycles. The molecule has 1 aliphatic heterocycles. The first-order valence-corrected chi connectivity index (χ1v) is 11.9. The number of thiophene rings is 1. The molecule has 3 heterocycles. The van der Waals surface area contributed by atoms with Crippen LogP contribution in [0.2, 0.25) is 0 Å². The Morgan fingerprint density at radius 3 is 2.61 bits per heavy atom. The van der Waals surface area contributed by atoms with E-state index in [0.29, 0.717) is 29.6 Å². The summed E-state index contributed by atoms with van der Waals surface area (Å²) in [5.41, 5.74) is 2.40. The Kier molecular flexibility index (Phi) is 7.41. The predicted molar refractivity (Wildman–Crippen MR) is 129 cm³/mol. The average Bonchev–Trinajstić information content (AvgIpc) is 3.49. The van der Waals surface area contributed by atoms with Crippen molar-refractivity contribution in [1.29, 1.82) is 0 Å². The smallest absolute Gasteiger partial charge is 0.243 e. The molecule has 1 fully saturated rings. The van der Waals surface area contributed by atoms with Gasteiger partial charge < -0.3 is 24.3 Å². The zero-order valence-corrected chi connectivity index (χ0v) is 19.7. The first-order chi connectivity index (χ1) is 16.0. The van der Waals surface area contributed by atoms with Crippen LogP contribution in [0.4, 0.5) is 11.4 Å². The highest BCUT2D eigenvalue weighted by atomic mass is 32.1. The number of benzene rings is 1. The van der Waals surface area contributed by atoms with Gasteiger partial charge in [-0.05, 0) is 49.6 Å². The van der Waals surface area contributed by atoms with Gasteiger partial charge in [0.25, 0.3) is 0 Å². The Bertz CT molecular complexity index is 1070. The minimum atomic E-state index is -0.236. The monoisotopic (exact) mass is 468 g/mol. The number of morpholine rings is 1. The fraction of sp³-hybridized carbons (Fsp3) is 0.375. The molecule has 3 aromatic rings. The lowest BCUT2D eigenvalue weighted by molar-refractivity contribution is -0.133. The number of nitrogens with one attached hydrogen (secondary N) is 1.